The van der Waals surface area contributed by atoms with E-state index in [-0.39, 0.29) is 11.8 Å². The second-order valence-electron chi connectivity index (χ2n) is 3.99. The summed E-state index contributed by atoms with van der Waals surface area (Å²) in [4.78, 5) is 2.14. The summed E-state index contributed by atoms with van der Waals surface area (Å²) >= 11 is 5.84. The van der Waals surface area contributed by atoms with Gasteiger partial charge in [0.2, 0.25) is 0 Å². The van der Waals surface area contributed by atoms with Gasteiger partial charge in [-0.1, -0.05) is 17.7 Å². The zero-order chi connectivity index (χ0) is 11.5. The van der Waals surface area contributed by atoms with Gasteiger partial charge in [0.25, 0.3) is 0 Å². The molecule has 1 N–H and O–H groups in total. The number of hydrogen-bond donors (Lipinski definition) is 1. The monoisotopic (exact) mass is 236 g/mol. The fraction of sp³-hybridized carbons (Fsp3) is 0.417. The predicted molar refractivity (Wildman–Crippen MR) is 62.3 cm³/mol. The molecule has 0 bridgehead atoms. The first kappa shape index (κ1) is 11.3. The molecule has 0 radical (unpaired) electrons. The zero-order valence-corrected chi connectivity index (χ0v) is 9.61. The van der Waals surface area contributed by atoms with Crippen molar-refractivity contribution in [2.75, 3.05) is 13.1 Å². The first-order valence-corrected chi connectivity index (χ1v) is 5.72. The van der Waals surface area contributed by atoms with Crippen molar-refractivity contribution in [3.05, 3.63) is 28.8 Å². The third kappa shape index (κ3) is 2.13. The first-order chi connectivity index (χ1) is 7.72. The molecule has 2 rings (SSSR count). The molecule has 1 aliphatic rings. The van der Waals surface area contributed by atoms with Gasteiger partial charge in [0.15, 0.2) is 0 Å². The lowest BCUT2D eigenvalue weighted by molar-refractivity contribution is 0.294. The lowest BCUT2D eigenvalue weighted by Gasteiger charge is -2.21. The summed E-state index contributed by atoms with van der Waals surface area (Å²) < 4.78 is 0. The SMILES string of the molecule is N#CC(c1ccc(O)c(Cl)c1)N1CCCC1. The van der Waals surface area contributed by atoms with Crippen LogP contribution >= 0.6 is 11.6 Å². The Morgan fingerprint density at radius 2 is 2.06 bits per heavy atom. The number of phenols is 1. The second-order valence-corrected chi connectivity index (χ2v) is 4.39. The number of aromatic hydroxyl groups is 1. The maximum absolute atomic E-state index is 9.34. The molecule has 0 amide bonds. The minimum atomic E-state index is -0.249. The Morgan fingerprint density at radius 1 is 1.38 bits per heavy atom. The normalized spacial score (nSPS) is 18.2. The van der Waals surface area contributed by atoms with E-state index < -0.39 is 0 Å². The Balaban J connectivity index is 2.26. The van der Waals surface area contributed by atoms with Crippen molar-refractivity contribution in [1.82, 2.24) is 4.90 Å². The van der Waals surface area contributed by atoms with Gasteiger partial charge in [-0.05, 0) is 43.6 Å². The number of likely N-dealkylation sites (tertiary alicyclic amines) is 1. The molecule has 3 nitrogen and oxygen atoms in total. The van der Waals surface area contributed by atoms with Gasteiger partial charge in [-0.3, -0.25) is 4.90 Å². The molecule has 1 heterocycles. The summed E-state index contributed by atoms with van der Waals surface area (Å²) in [6.07, 6.45) is 2.29. The Morgan fingerprint density at radius 3 is 2.62 bits per heavy atom. The summed E-state index contributed by atoms with van der Waals surface area (Å²) in [7, 11) is 0. The molecule has 0 saturated carbocycles. The van der Waals surface area contributed by atoms with Crippen molar-refractivity contribution in [3.8, 4) is 11.8 Å². The van der Waals surface area contributed by atoms with E-state index in [1.54, 1.807) is 12.1 Å². The van der Waals surface area contributed by atoms with Gasteiger partial charge in [0.1, 0.15) is 11.8 Å². The molecule has 4 heteroatoms. The molecular formula is C12H13ClN2O. The van der Waals surface area contributed by atoms with Crippen LogP contribution in [-0.4, -0.2) is 23.1 Å². The van der Waals surface area contributed by atoms with E-state index in [2.05, 4.69) is 11.0 Å². The highest BCUT2D eigenvalue weighted by molar-refractivity contribution is 6.32. The van der Waals surface area contributed by atoms with Crippen LogP contribution in [0.5, 0.6) is 5.75 Å². The summed E-state index contributed by atoms with van der Waals surface area (Å²) in [6, 6.07) is 7.01. The lowest BCUT2D eigenvalue weighted by atomic mass is 10.1. The maximum Gasteiger partial charge on any atom is 0.134 e. The van der Waals surface area contributed by atoms with Crippen LogP contribution < -0.4 is 0 Å². The number of halogens is 1. The van der Waals surface area contributed by atoms with Gasteiger partial charge in [-0.25, -0.2) is 0 Å². The molecule has 0 spiro atoms. The molecule has 0 aliphatic carbocycles. The van der Waals surface area contributed by atoms with Gasteiger partial charge in [0, 0.05) is 0 Å². The van der Waals surface area contributed by atoms with Crippen LogP contribution in [0.4, 0.5) is 0 Å². The molecular weight excluding hydrogens is 224 g/mol. The van der Waals surface area contributed by atoms with Gasteiger partial charge in [-0.2, -0.15) is 5.26 Å². The molecule has 84 valence electrons. The summed E-state index contributed by atoms with van der Waals surface area (Å²) in [6.45, 7) is 1.91. The molecule has 1 saturated heterocycles. The Kier molecular flexibility index (Phi) is 3.33. The summed E-state index contributed by atoms with van der Waals surface area (Å²) in [5.41, 5.74) is 0.854. The van der Waals surface area contributed by atoms with Crippen molar-refractivity contribution >= 4 is 11.6 Å². The smallest absolute Gasteiger partial charge is 0.134 e. The van der Waals surface area contributed by atoms with Crippen LogP contribution in [0, 0.1) is 11.3 Å². The molecule has 1 aromatic rings. The van der Waals surface area contributed by atoms with E-state index >= 15 is 0 Å². The van der Waals surface area contributed by atoms with Crippen LogP contribution in [0.1, 0.15) is 24.4 Å². The van der Waals surface area contributed by atoms with Crippen LogP contribution in [0.25, 0.3) is 0 Å². The van der Waals surface area contributed by atoms with E-state index in [0.29, 0.717) is 5.02 Å². The van der Waals surface area contributed by atoms with Crippen molar-refractivity contribution in [2.45, 2.75) is 18.9 Å². The second kappa shape index (κ2) is 4.73. The highest BCUT2D eigenvalue weighted by Crippen LogP contribution is 2.30. The lowest BCUT2D eigenvalue weighted by Crippen LogP contribution is -2.24. The minimum absolute atomic E-state index is 0.0588. The predicted octanol–water partition coefficient (Wildman–Crippen LogP) is 2.71. The molecule has 1 unspecified atom stereocenters. The van der Waals surface area contributed by atoms with Crippen molar-refractivity contribution in [3.63, 3.8) is 0 Å². The van der Waals surface area contributed by atoms with E-state index in [4.69, 9.17) is 11.6 Å². The first-order valence-electron chi connectivity index (χ1n) is 5.34. The van der Waals surface area contributed by atoms with E-state index in [1.165, 1.54) is 6.07 Å². The molecule has 1 aromatic carbocycles. The van der Waals surface area contributed by atoms with Crippen LogP contribution in [0.2, 0.25) is 5.02 Å². The van der Waals surface area contributed by atoms with Gasteiger partial charge in [0.05, 0.1) is 11.1 Å². The fourth-order valence-electron chi connectivity index (χ4n) is 2.06. The van der Waals surface area contributed by atoms with Crippen molar-refractivity contribution in [2.24, 2.45) is 0 Å². The summed E-state index contributed by atoms with van der Waals surface area (Å²) in [5.74, 6) is 0.0588. The van der Waals surface area contributed by atoms with Gasteiger partial charge >= 0.3 is 0 Å². The Bertz CT molecular complexity index is 422. The molecule has 1 fully saturated rings. The topological polar surface area (TPSA) is 47.3 Å². The third-order valence-corrected chi connectivity index (χ3v) is 3.22. The van der Waals surface area contributed by atoms with Gasteiger partial charge < -0.3 is 5.11 Å². The number of rotatable bonds is 2. The van der Waals surface area contributed by atoms with E-state index in [9.17, 15) is 10.4 Å². The number of benzene rings is 1. The van der Waals surface area contributed by atoms with E-state index in [0.717, 1.165) is 31.5 Å². The number of phenolic OH excluding ortho intramolecular Hbond substituents is 1. The van der Waals surface area contributed by atoms with Crippen LogP contribution in [0.3, 0.4) is 0 Å². The maximum atomic E-state index is 9.34. The number of nitrogens with zero attached hydrogens (tertiary/aromatic N) is 2. The summed E-state index contributed by atoms with van der Waals surface area (Å²) in [5, 5.41) is 18.8. The molecule has 1 aliphatic heterocycles. The van der Waals surface area contributed by atoms with Crippen molar-refractivity contribution in [1.29, 1.82) is 5.26 Å². The molecule has 0 aromatic heterocycles. The Hall–Kier alpha value is -1.24. The fourth-order valence-corrected chi connectivity index (χ4v) is 2.25. The molecule has 1 atom stereocenters. The van der Waals surface area contributed by atoms with Crippen LogP contribution in [0.15, 0.2) is 18.2 Å². The number of nitriles is 1. The highest BCUT2D eigenvalue weighted by atomic mass is 35.5. The average molecular weight is 237 g/mol. The van der Waals surface area contributed by atoms with Crippen molar-refractivity contribution < 1.29 is 5.11 Å². The standard InChI is InChI=1S/C12H13ClN2O/c13-10-7-9(3-4-12(10)16)11(8-14)15-5-1-2-6-15/h3-4,7,11,16H,1-2,5-6H2. The van der Waals surface area contributed by atoms with Crippen LogP contribution in [-0.2, 0) is 0 Å². The quantitative estimate of drug-likeness (QED) is 0.859. The number of hydrogen-bond acceptors (Lipinski definition) is 3. The largest absolute Gasteiger partial charge is 0.506 e. The third-order valence-electron chi connectivity index (χ3n) is 2.92. The average Bonchev–Trinajstić information content (AvgIpc) is 2.78. The van der Waals surface area contributed by atoms with Gasteiger partial charge in [-0.15, -0.1) is 0 Å². The molecule has 16 heavy (non-hydrogen) atoms. The Labute approximate surface area is 99.9 Å². The minimum Gasteiger partial charge on any atom is -0.506 e. The zero-order valence-electron chi connectivity index (χ0n) is 8.86. The highest BCUT2D eigenvalue weighted by Gasteiger charge is 2.23. The van der Waals surface area contributed by atoms with E-state index in [1.807, 2.05) is 0 Å².